The number of rotatable bonds is 4. The van der Waals surface area contributed by atoms with Gasteiger partial charge >= 0.3 is 0 Å². The first kappa shape index (κ1) is 14.2. The molecule has 0 saturated heterocycles. The molecule has 0 N–H and O–H groups in total. The van der Waals surface area contributed by atoms with Crippen LogP contribution in [-0.2, 0) is 11.2 Å². The first-order chi connectivity index (χ1) is 9.10. The Morgan fingerprint density at radius 3 is 2.53 bits per heavy atom. The van der Waals surface area contributed by atoms with E-state index in [1.807, 2.05) is 6.92 Å². The van der Waals surface area contributed by atoms with Crippen LogP contribution in [0.1, 0.15) is 50.2 Å². The maximum Gasteiger partial charge on any atom is 0.140 e. The van der Waals surface area contributed by atoms with E-state index in [9.17, 15) is 9.18 Å². The second-order valence-electron chi connectivity index (χ2n) is 5.84. The van der Waals surface area contributed by atoms with Crippen LogP contribution in [0, 0.1) is 24.6 Å². The highest BCUT2D eigenvalue weighted by Crippen LogP contribution is 2.31. The summed E-state index contributed by atoms with van der Waals surface area (Å²) in [5.41, 5.74) is 1.86. The summed E-state index contributed by atoms with van der Waals surface area (Å²) in [5, 5.41) is 0. The molecule has 1 aromatic rings. The van der Waals surface area contributed by atoms with Crippen molar-refractivity contribution in [2.24, 2.45) is 11.8 Å². The van der Waals surface area contributed by atoms with Gasteiger partial charge in [0.15, 0.2) is 0 Å². The zero-order chi connectivity index (χ0) is 13.8. The molecule has 0 aliphatic heterocycles. The fraction of sp³-hybridized carbons (Fsp3) is 0.588. The smallest absolute Gasteiger partial charge is 0.140 e. The molecule has 0 unspecified atom stereocenters. The first-order valence-electron chi connectivity index (χ1n) is 7.38. The molecule has 0 heterocycles. The van der Waals surface area contributed by atoms with Crippen LogP contribution in [0.2, 0.25) is 0 Å². The van der Waals surface area contributed by atoms with Crippen LogP contribution in [-0.4, -0.2) is 5.78 Å². The first-order valence-corrected chi connectivity index (χ1v) is 7.38. The van der Waals surface area contributed by atoms with E-state index in [0.717, 1.165) is 29.9 Å². The fourth-order valence-electron chi connectivity index (χ4n) is 3.08. The van der Waals surface area contributed by atoms with Crippen molar-refractivity contribution in [3.63, 3.8) is 0 Å². The Balaban J connectivity index is 1.94. The van der Waals surface area contributed by atoms with Crippen molar-refractivity contribution in [2.75, 3.05) is 0 Å². The lowest BCUT2D eigenvalue weighted by molar-refractivity contribution is -0.123. The molecule has 2 rings (SSSR count). The van der Waals surface area contributed by atoms with E-state index in [1.54, 1.807) is 6.07 Å². The topological polar surface area (TPSA) is 17.1 Å². The second kappa shape index (κ2) is 6.31. The molecule has 0 amide bonds. The van der Waals surface area contributed by atoms with Gasteiger partial charge < -0.3 is 0 Å². The van der Waals surface area contributed by atoms with Crippen LogP contribution >= 0.6 is 0 Å². The highest BCUT2D eigenvalue weighted by molar-refractivity contribution is 5.83. The molecule has 0 aromatic heterocycles. The molecule has 0 radical (unpaired) electrons. The number of aryl methyl sites for hydroxylation is 1. The van der Waals surface area contributed by atoms with Gasteiger partial charge in [0.25, 0.3) is 0 Å². The van der Waals surface area contributed by atoms with E-state index in [2.05, 4.69) is 6.92 Å². The number of Topliss-reactive ketones (excluding diaryl/α,β-unsaturated/α-hetero) is 1. The van der Waals surface area contributed by atoms with Gasteiger partial charge in [-0.25, -0.2) is 4.39 Å². The third kappa shape index (κ3) is 3.65. The number of benzene rings is 1. The predicted octanol–water partition coefficient (Wildman–Crippen LogP) is 4.46. The van der Waals surface area contributed by atoms with Gasteiger partial charge in [0.2, 0.25) is 0 Å². The molecule has 1 aliphatic carbocycles. The van der Waals surface area contributed by atoms with Gasteiger partial charge in [0.1, 0.15) is 11.6 Å². The number of carbonyl (C=O) groups is 1. The summed E-state index contributed by atoms with van der Waals surface area (Å²) >= 11 is 0. The highest BCUT2D eigenvalue weighted by atomic mass is 19.1. The van der Waals surface area contributed by atoms with Crippen molar-refractivity contribution in [2.45, 2.75) is 52.4 Å². The van der Waals surface area contributed by atoms with Gasteiger partial charge in [-0.15, -0.1) is 0 Å². The van der Waals surface area contributed by atoms with E-state index in [1.165, 1.54) is 31.4 Å². The summed E-state index contributed by atoms with van der Waals surface area (Å²) in [5.74, 6) is 1.16. The largest absolute Gasteiger partial charge is 0.299 e. The Bertz CT molecular complexity index is 445. The van der Waals surface area contributed by atoms with Crippen LogP contribution in [0.5, 0.6) is 0 Å². The van der Waals surface area contributed by atoms with Crippen molar-refractivity contribution >= 4 is 5.78 Å². The quantitative estimate of drug-likeness (QED) is 0.783. The van der Waals surface area contributed by atoms with Crippen molar-refractivity contribution < 1.29 is 9.18 Å². The average Bonchev–Trinajstić information content (AvgIpc) is 2.42. The Morgan fingerprint density at radius 2 is 1.95 bits per heavy atom. The summed E-state index contributed by atoms with van der Waals surface area (Å²) in [4.78, 5) is 12.3. The molecule has 1 nitrogen and oxygen atoms in total. The molecule has 1 aromatic carbocycles. The van der Waals surface area contributed by atoms with Crippen molar-refractivity contribution in [3.8, 4) is 0 Å². The number of hydrogen-bond acceptors (Lipinski definition) is 1. The molecule has 2 heteroatoms. The minimum absolute atomic E-state index is 0.225. The molecule has 104 valence electrons. The summed E-state index contributed by atoms with van der Waals surface area (Å²) in [6.45, 7) is 4.11. The van der Waals surface area contributed by atoms with Crippen LogP contribution < -0.4 is 0 Å². The van der Waals surface area contributed by atoms with Crippen molar-refractivity contribution in [3.05, 3.63) is 35.1 Å². The second-order valence-corrected chi connectivity index (χ2v) is 5.84. The minimum atomic E-state index is -0.225. The molecule has 19 heavy (non-hydrogen) atoms. The van der Waals surface area contributed by atoms with Gasteiger partial charge in [-0.3, -0.25) is 4.79 Å². The van der Waals surface area contributed by atoms with E-state index in [4.69, 9.17) is 0 Å². The molecular formula is C17H23FO. The highest BCUT2D eigenvalue weighted by Gasteiger charge is 2.25. The Labute approximate surface area is 115 Å². The van der Waals surface area contributed by atoms with Crippen molar-refractivity contribution in [1.82, 2.24) is 0 Å². The number of carbonyl (C=O) groups excluding carboxylic acids is 1. The monoisotopic (exact) mass is 262 g/mol. The maximum atomic E-state index is 13.0. The van der Waals surface area contributed by atoms with Gasteiger partial charge in [-0.2, -0.15) is 0 Å². The average molecular weight is 262 g/mol. The number of hydrogen-bond donors (Lipinski definition) is 0. The summed E-state index contributed by atoms with van der Waals surface area (Å²) in [6.07, 6.45) is 6.16. The predicted molar refractivity (Wildman–Crippen MR) is 75.6 cm³/mol. The number of halogens is 1. The molecule has 0 bridgehead atoms. The van der Waals surface area contributed by atoms with Gasteiger partial charge in [0.05, 0.1) is 0 Å². The zero-order valence-corrected chi connectivity index (χ0v) is 11.9. The summed E-state index contributed by atoms with van der Waals surface area (Å²) in [7, 11) is 0. The summed E-state index contributed by atoms with van der Waals surface area (Å²) in [6, 6.07) is 4.71. The Hall–Kier alpha value is -1.18. The van der Waals surface area contributed by atoms with Gasteiger partial charge in [-0.1, -0.05) is 19.4 Å². The third-order valence-corrected chi connectivity index (χ3v) is 4.55. The van der Waals surface area contributed by atoms with Gasteiger partial charge in [-0.05, 0) is 61.8 Å². The molecule has 1 fully saturated rings. The van der Waals surface area contributed by atoms with Crippen LogP contribution in [0.3, 0.4) is 0 Å². The van der Waals surface area contributed by atoms with Crippen LogP contribution in [0.15, 0.2) is 18.2 Å². The Morgan fingerprint density at radius 1 is 1.26 bits per heavy atom. The fourth-order valence-corrected chi connectivity index (χ4v) is 3.08. The zero-order valence-electron chi connectivity index (χ0n) is 11.9. The lowest BCUT2D eigenvalue weighted by Gasteiger charge is -2.27. The van der Waals surface area contributed by atoms with Gasteiger partial charge in [0, 0.05) is 12.3 Å². The minimum Gasteiger partial charge on any atom is -0.299 e. The molecule has 0 spiro atoms. The van der Waals surface area contributed by atoms with Crippen LogP contribution in [0.4, 0.5) is 4.39 Å². The standard InChI is InChI=1S/C17H23FO/c1-3-13-4-6-14(7-5-13)17(19)11-15-8-9-16(18)10-12(15)2/h8-10,13-14H,3-7,11H2,1-2H3. The van der Waals surface area contributed by atoms with E-state index < -0.39 is 0 Å². The third-order valence-electron chi connectivity index (χ3n) is 4.55. The molecule has 1 aliphatic rings. The van der Waals surface area contributed by atoms with E-state index in [-0.39, 0.29) is 11.7 Å². The maximum absolute atomic E-state index is 13.0. The lowest BCUT2D eigenvalue weighted by Crippen LogP contribution is -2.23. The molecular weight excluding hydrogens is 239 g/mol. The number of ketones is 1. The summed E-state index contributed by atoms with van der Waals surface area (Å²) < 4.78 is 13.0. The lowest BCUT2D eigenvalue weighted by atomic mass is 9.78. The van der Waals surface area contributed by atoms with Crippen molar-refractivity contribution in [1.29, 1.82) is 0 Å². The van der Waals surface area contributed by atoms with Crippen LogP contribution in [0.25, 0.3) is 0 Å². The SMILES string of the molecule is CCC1CCC(C(=O)Cc2ccc(F)cc2C)CC1. The molecule has 1 saturated carbocycles. The van der Waals surface area contributed by atoms with E-state index in [0.29, 0.717) is 12.2 Å². The Kier molecular flexibility index (Phi) is 4.73. The van der Waals surface area contributed by atoms with E-state index >= 15 is 0 Å². The normalized spacial score (nSPS) is 23.3. The molecule has 0 atom stereocenters.